The fraction of sp³-hybridized carbons (Fsp3) is 0.500. The predicted octanol–water partition coefficient (Wildman–Crippen LogP) is 3.34. The molecule has 0 aromatic heterocycles. The second kappa shape index (κ2) is 6.35. The Hall–Kier alpha value is -1.43. The monoisotopic (exact) mass is 340 g/mol. The average Bonchev–Trinajstić information content (AvgIpc) is 2.41. The van der Waals surface area contributed by atoms with Crippen LogP contribution in [0, 0.1) is 17.0 Å². The molecule has 1 aliphatic carbocycles. The van der Waals surface area contributed by atoms with Crippen LogP contribution in [0.4, 0.5) is 5.69 Å². The lowest BCUT2D eigenvalue weighted by Crippen LogP contribution is -2.42. The molecule has 0 heterocycles. The van der Waals surface area contributed by atoms with Crippen LogP contribution in [0.25, 0.3) is 0 Å². The summed E-state index contributed by atoms with van der Waals surface area (Å²) in [7, 11) is 0. The number of nitro benzene ring substituents is 1. The molecule has 5 nitrogen and oxygen atoms in total. The highest BCUT2D eigenvalue weighted by Gasteiger charge is 2.25. The van der Waals surface area contributed by atoms with Crippen LogP contribution in [0.3, 0.4) is 0 Å². The second-order valence-electron chi connectivity index (χ2n) is 5.14. The molecule has 2 unspecified atom stereocenters. The highest BCUT2D eigenvalue weighted by atomic mass is 79.9. The number of alkyl halides is 1. The van der Waals surface area contributed by atoms with E-state index in [9.17, 15) is 14.9 Å². The molecule has 1 fully saturated rings. The minimum absolute atomic E-state index is 0.0170. The van der Waals surface area contributed by atoms with Crippen molar-refractivity contribution in [2.24, 2.45) is 0 Å². The third kappa shape index (κ3) is 3.36. The fourth-order valence-electron chi connectivity index (χ4n) is 2.45. The van der Waals surface area contributed by atoms with Gasteiger partial charge in [-0.25, -0.2) is 0 Å². The Morgan fingerprint density at radius 1 is 1.40 bits per heavy atom. The maximum Gasteiger partial charge on any atom is 0.273 e. The van der Waals surface area contributed by atoms with Crippen LogP contribution in [-0.2, 0) is 0 Å². The number of nitrogens with zero attached hydrogens (tertiary/aromatic N) is 1. The Morgan fingerprint density at radius 3 is 2.75 bits per heavy atom. The summed E-state index contributed by atoms with van der Waals surface area (Å²) < 4.78 is 0. The Morgan fingerprint density at radius 2 is 2.10 bits per heavy atom. The van der Waals surface area contributed by atoms with Gasteiger partial charge in [0, 0.05) is 28.1 Å². The topological polar surface area (TPSA) is 72.2 Å². The minimum Gasteiger partial charge on any atom is -0.348 e. The second-order valence-corrected chi connectivity index (χ2v) is 6.31. The molecule has 1 amide bonds. The molecule has 1 saturated carbocycles. The van der Waals surface area contributed by atoms with Gasteiger partial charge < -0.3 is 5.32 Å². The summed E-state index contributed by atoms with van der Waals surface area (Å²) in [6, 6.07) is 4.68. The van der Waals surface area contributed by atoms with Crippen molar-refractivity contribution in [3.05, 3.63) is 39.4 Å². The van der Waals surface area contributed by atoms with Crippen molar-refractivity contribution in [3.8, 4) is 0 Å². The van der Waals surface area contributed by atoms with Crippen molar-refractivity contribution in [2.45, 2.75) is 43.5 Å². The van der Waals surface area contributed by atoms with Crippen molar-refractivity contribution in [3.63, 3.8) is 0 Å². The first-order chi connectivity index (χ1) is 9.49. The molecule has 1 aromatic rings. The number of carbonyl (C=O) groups is 1. The third-order valence-corrected chi connectivity index (χ3v) is 4.76. The maximum absolute atomic E-state index is 12.2. The summed E-state index contributed by atoms with van der Waals surface area (Å²) in [5.41, 5.74) is 0.881. The molecule has 0 aliphatic heterocycles. The molecular weight excluding hydrogens is 324 g/mol. The van der Waals surface area contributed by atoms with E-state index < -0.39 is 4.92 Å². The van der Waals surface area contributed by atoms with Crippen LogP contribution < -0.4 is 5.32 Å². The molecular formula is C14H17BrN2O3. The number of carbonyl (C=O) groups excluding carboxylic acids is 1. The van der Waals surface area contributed by atoms with Gasteiger partial charge in [-0.2, -0.15) is 0 Å². The van der Waals surface area contributed by atoms with Crippen LogP contribution in [0.2, 0.25) is 0 Å². The van der Waals surface area contributed by atoms with Crippen molar-refractivity contribution in [1.82, 2.24) is 5.32 Å². The molecule has 1 aliphatic rings. The van der Waals surface area contributed by atoms with Gasteiger partial charge in [0.05, 0.1) is 4.92 Å². The maximum atomic E-state index is 12.2. The fourth-order valence-corrected chi connectivity index (χ4v) is 3.17. The zero-order valence-electron chi connectivity index (χ0n) is 11.3. The summed E-state index contributed by atoms with van der Waals surface area (Å²) in [5.74, 6) is -0.246. The van der Waals surface area contributed by atoms with E-state index in [4.69, 9.17) is 0 Å². The van der Waals surface area contributed by atoms with Crippen molar-refractivity contribution in [1.29, 1.82) is 0 Å². The van der Waals surface area contributed by atoms with Crippen LogP contribution in [0.5, 0.6) is 0 Å². The summed E-state index contributed by atoms with van der Waals surface area (Å²) in [6.45, 7) is 1.66. The molecule has 6 heteroatoms. The van der Waals surface area contributed by atoms with Gasteiger partial charge in [-0.05, 0) is 25.8 Å². The minimum atomic E-state index is -0.458. The quantitative estimate of drug-likeness (QED) is 0.521. The summed E-state index contributed by atoms with van der Waals surface area (Å²) >= 11 is 3.58. The normalized spacial score (nSPS) is 22.3. The highest BCUT2D eigenvalue weighted by Crippen LogP contribution is 2.25. The average molecular weight is 341 g/mol. The number of hydrogen-bond acceptors (Lipinski definition) is 3. The highest BCUT2D eigenvalue weighted by molar-refractivity contribution is 9.09. The van der Waals surface area contributed by atoms with Gasteiger partial charge in [0.15, 0.2) is 0 Å². The Bertz CT molecular complexity index is 533. The van der Waals surface area contributed by atoms with Crippen molar-refractivity contribution >= 4 is 27.5 Å². The third-order valence-electron chi connectivity index (χ3n) is 3.67. The summed E-state index contributed by atoms with van der Waals surface area (Å²) in [6.07, 6.45) is 4.24. The van der Waals surface area contributed by atoms with E-state index in [0.717, 1.165) is 25.7 Å². The largest absolute Gasteiger partial charge is 0.348 e. The molecule has 0 saturated heterocycles. The SMILES string of the molecule is Cc1ccc(C(=O)NC2CCCCC2Br)cc1[N+](=O)[O-]. The molecule has 108 valence electrons. The molecule has 0 spiro atoms. The number of halogens is 1. The number of amides is 1. The lowest BCUT2D eigenvalue weighted by molar-refractivity contribution is -0.385. The zero-order valence-corrected chi connectivity index (χ0v) is 12.9. The first-order valence-corrected chi connectivity index (χ1v) is 7.60. The Balaban J connectivity index is 2.13. The molecule has 2 rings (SSSR count). The van der Waals surface area contributed by atoms with Gasteiger partial charge >= 0.3 is 0 Å². The van der Waals surface area contributed by atoms with Crippen molar-refractivity contribution < 1.29 is 9.72 Å². The first-order valence-electron chi connectivity index (χ1n) is 6.69. The summed E-state index contributed by atoms with van der Waals surface area (Å²) in [5, 5.41) is 13.9. The number of hydrogen-bond donors (Lipinski definition) is 1. The predicted molar refractivity (Wildman–Crippen MR) is 80.3 cm³/mol. The Labute approximate surface area is 126 Å². The van der Waals surface area contributed by atoms with Gasteiger partial charge in [0.2, 0.25) is 0 Å². The number of aryl methyl sites for hydroxylation is 1. The van der Waals surface area contributed by atoms with Gasteiger partial charge in [-0.1, -0.05) is 34.8 Å². The standard InChI is InChI=1S/C14H17BrN2O3/c1-9-6-7-10(8-13(9)17(19)20)14(18)16-12-5-3-2-4-11(12)15/h6-8,11-12H,2-5H2,1H3,(H,16,18). The molecule has 2 atom stereocenters. The number of rotatable bonds is 3. The molecule has 1 aromatic carbocycles. The van der Waals surface area contributed by atoms with Gasteiger partial charge in [0.1, 0.15) is 0 Å². The molecule has 0 radical (unpaired) electrons. The van der Waals surface area contributed by atoms with Crippen LogP contribution in [0.1, 0.15) is 41.6 Å². The summed E-state index contributed by atoms with van der Waals surface area (Å²) in [4.78, 5) is 22.9. The van der Waals surface area contributed by atoms with E-state index >= 15 is 0 Å². The van der Waals surface area contributed by atoms with E-state index in [1.165, 1.54) is 6.07 Å². The number of nitrogens with one attached hydrogen (secondary N) is 1. The van der Waals surface area contributed by atoms with E-state index in [1.54, 1.807) is 19.1 Å². The molecule has 20 heavy (non-hydrogen) atoms. The van der Waals surface area contributed by atoms with Gasteiger partial charge in [-0.15, -0.1) is 0 Å². The van der Waals surface area contributed by atoms with E-state index in [-0.39, 0.29) is 22.5 Å². The lowest BCUT2D eigenvalue weighted by atomic mass is 9.95. The van der Waals surface area contributed by atoms with Crippen LogP contribution in [0.15, 0.2) is 18.2 Å². The van der Waals surface area contributed by atoms with Crippen LogP contribution in [-0.4, -0.2) is 21.7 Å². The first kappa shape index (κ1) is 15.0. The van der Waals surface area contributed by atoms with Gasteiger partial charge in [0.25, 0.3) is 11.6 Å². The number of benzene rings is 1. The smallest absolute Gasteiger partial charge is 0.273 e. The lowest BCUT2D eigenvalue weighted by Gasteiger charge is -2.28. The number of nitro groups is 1. The molecule has 1 N–H and O–H groups in total. The zero-order chi connectivity index (χ0) is 14.7. The van der Waals surface area contributed by atoms with Crippen molar-refractivity contribution in [2.75, 3.05) is 0 Å². The van der Waals surface area contributed by atoms with Gasteiger partial charge in [-0.3, -0.25) is 14.9 Å². The Kier molecular flexibility index (Phi) is 4.75. The van der Waals surface area contributed by atoms with Crippen LogP contribution >= 0.6 is 15.9 Å². The van der Waals surface area contributed by atoms with E-state index in [2.05, 4.69) is 21.2 Å². The molecule has 0 bridgehead atoms. The van der Waals surface area contributed by atoms with E-state index in [0.29, 0.717) is 11.1 Å². The van der Waals surface area contributed by atoms with E-state index in [1.807, 2.05) is 0 Å².